The number of phenols is 25. The molecular formula is C93H72BrNO47. The third-order valence-electron chi connectivity index (χ3n) is 20.0. The molecule has 12 aromatic carbocycles. The first-order valence-corrected chi connectivity index (χ1v) is 40.7. The first kappa shape index (κ1) is 102. The van der Waals surface area contributed by atoms with E-state index in [4.69, 9.17) is 56.8 Å². The highest BCUT2D eigenvalue weighted by atomic mass is 79.9. The van der Waals surface area contributed by atoms with Gasteiger partial charge in [0.15, 0.2) is 156 Å². The molecule has 1 unspecified atom stereocenters. The molecule has 49 heteroatoms. The van der Waals surface area contributed by atoms with E-state index in [0.717, 1.165) is 11.0 Å². The Balaban J connectivity index is 0.000000797. The molecule has 13 rings (SSSR count). The third-order valence-corrected chi connectivity index (χ3v) is 20.5. The Morgan fingerprint density at radius 2 is 0.514 bits per heavy atom. The van der Waals surface area contributed by atoms with Gasteiger partial charge in [0.05, 0.1) is 62.2 Å². The number of rotatable bonds is 27. The van der Waals surface area contributed by atoms with Crippen LogP contribution in [0.3, 0.4) is 0 Å². The van der Waals surface area contributed by atoms with Gasteiger partial charge in [0.2, 0.25) is 41.1 Å². The van der Waals surface area contributed by atoms with E-state index in [9.17, 15) is 161 Å². The van der Waals surface area contributed by atoms with Crippen LogP contribution in [-0.2, 0) is 33.2 Å². The molecule has 1 saturated heterocycles. The van der Waals surface area contributed by atoms with Gasteiger partial charge >= 0.3 is 59.7 Å². The smallest absolute Gasteiger partial charge is 0.343 e. The number of hydrogen-bond acceptors (Lipinski definition) is 48. The summed E-state index contributed by atoms with van der Waals surface area (Å²) in [5, 5.41) is 261. The lowest BCUT2D eigenvalue weighted by Crippen LogP contribution is -2.63. The Bertz CT molecular complexity index is 6930. The fraction of sp³-hybridized carbons (Fsp3) is 0.118. The van der Waals surface area contributed by atoms with Crippen LogP contribution in [0.1, 0.15) is 121 Å². The number of aromatic hydroxyl groups is 25. The zero-order valence-electron chi connectivity index (χ0n) is 71.8. The van der Waals surface area contributed by atoms with Crippen molar-refractivity contribution in [2.45, 2.75) is 36.8 Å². The van der Waals surface area contributed by atoms with Gasteiger partial charge in [0.1, 0.15) is 18.8 Å². The van der Waals surface area contributed by atoms with Gasteiger partial charge in [-0.3, -0.25) is 0 Å². The SMILES string of the molecule is CN(C)CCOC(c1ccccc1)c1ccc(Br)cc1.O=C(OC[C@H]1O[C@@H](OC(=O)c2cc(O)c(O)c(OC(=O)c3cc(O)c(O)c(O)c3)c2)[C@H](OC(=O)c2cc(O)c(O)c(OC(=O)c3cc(O)c(O)c(O)c3)c2)[C@@H](OC(=O)c2cc(O)c(O)c(OC(=O)c3cc(O)c(O)c(O)c3)c2)[C@@H]1OC(=O)c1cc(O)c(O)c(OC(=O)c2cc(O)c(O)c(O)c2)c1)c1cc(O)c(O)c(OC(=O)c2cc(O)c(O)c(O)c2)c1. The van der Waals surface area contributed by atoms with Crippen LogP contribution in [0.5, 0.6) is 172 Å². The maximum Gasteiger partial charge on any atom is 0.343 e. The van der Waals surface area contributed by atoms with Crippen LogP contribution in [-0.4, -0.2) is 257 Å². The van der Waals surface area contributed by atoms with Crippen molar-refractivity contribution in [3.8, 4) is 172 Å². The summed E-state index contributed by atoms with van der Waals surface area (Å²) >= 11 is 3.48. The number of nitrogens with zero attached hydrogens (tertiary/aromatic N) is 1. The lowest BCUT2D eigenvalue weighted by atomic mass is 9.97. The van der Waals surface area contributed by atoms with Crippen molar-refractivity contribution in [2.75, 3.05) is 33.9 Å². The average Bonchev–Trinajstić information content (AvgIpc) is 0.761. The van der Waals surface area contributed by atoms with Crippen molar-refractivity contribution in [2.24, 2.45) is 0 Å². The summed E-state index contributed by atoms with van der Waals surface area (Å²) in [6, 6.07) is 27.3. The maximum absolute atomic E-state index is 15.3. The third kappa shape index (κ3) is 23.1. The molecule has 1 aliphatic heterocycles. The van der Waals surface area contributed by atoms with Crippen LogP contribution in [0.25, 0.3) is 0 Å². The van der Waals surface area contributed by atoms with Crippen molar-refractivity contribution in [3.05, 3.63) is 247 Å². The Kier molecular flexibility index (Phi) is 30.3. The molecule has 0 amide bonds. The molecule has 0 aromatic heterocycles. The molecule has 48 nitrogen and oxygen atoms in total. The fourth-order valence-electron chi connectivity index (χ4n) is 12.9. The molecule has 738 valence electrons. The summed E-state index contributed by atoms with van der Waals surface area (Å²) in [6.45, 7) is -0.0804. The quantitative estimate of drug-likeness (QED) is 0.00987. The van der Waals surface area contributed by atoms with Crippen LogP contribution in [0.15, 0.2) is 180 Å². The Morgan fingerprint density at radius 1 is 0.282 bits per heavy atom. The summed E-state index contributed by atoms with van der Waals surface area (Å²) in [5.41, 5.74) is -7.52. The minimum absolute atomic E-state index is 0.00995. The predicted molar refractivity (Wildman–Crippen MR) is 470 cm³/mol. The van der Waals surface area contributed by atoms with Crippen LogP contribution in [0.2, 0.25) is 0 Å². The summed E-state index contributed by atoms with van der Waals surface area (Å²) in [7, 11) is 4.11. The van der Waals surface area contributed by atoms with Gasteiger partial charge in [0, 0.05) is 11.0 Å². The molecule has 1 fully saturated rings. The Morgan fingerprint density at radius 3 is 0.789 bits per heavy atom. The summed E-state index contributed by atoms with van der Waals surface area (Å²) in [5.74, 6) is -56.0. The molecule has 1 aliphatic rings. The molecule has 12 aromatic rings. The lowest BCUT2D eigenvalue weighted by Gasteiger charge is -2.43. The first-order chi connectivity index (χ1) is 67.0. The van der Waals surface area contributed by atoms with Gasteiger partial charge < -0.3 is 189 Å². The molecule has 0 spiro atoms. The second kappa shape index (κ2) is 42.3. The second-order valence-corrected chi connectivity index (χ2v) is 31.1. The normalized spacial score (nSPS) is 14.4. The van der Waals surface area contributed by atoms with Crippen molar-refractivity contribution < 1.29 is 232 Å². The highest BCUT2D eigenvalue weighted by Crippen LogP contribution is 2.48. The van der Waals surface area contributed by atoms with Crippen molar-refractivity contribution in [1.82, 2.24) is 4.90 Å². The van der Waals surface area contributed by atoms with Crippen LogP contribution >= 0.6 is 15.9 Å². The predicted octanol–water partition coefficient (Wildman–Crippen LogP) is 8.95. The van der Waals surface area contributed by atoms with Crippen LogP contribution in [0, 0.1) is 0 Å². The van der Waals surface area contributed by atoms with E-state index in [0.29, 0.717) is 128 Å². The van der Waals surface area contributed by atoms with Crippen LogP contribution < -0.4 is 23.7 Å². The lowest BCUT2D eigenvalue weighted by molar-refractivity contribution is -0.282. The van der Waals surface area contributed by atoms with E-state index in [2.05, 4.69) is 83.5 Å². The van der Waals surface area contributed by atoms with E-state index < -0.39 is 325 Å². The highest BCUT2D eigenvalue weighted by molar-refractivity contribution is 9.10. The van der Waals surface area contributed by atoms with E-state index in [-0.39, 0.29) is 6.10 Å². The van der Waals surface area contributed by atoms with Gasteiger partial charge in [-0.05, 0) is 159 Å². The number of phenolic OH excluding ortho intramolecular Hbond substituents is 25. The van der Waals surface area contributed by atoms with Crippen LogP contribution in [0.4, 0.5) is 0 Å². The molecule has 1 heterocycles. The molecule has 0 saturated carbocycles. The van der Waals surface area contributed by atoms with Gasteiger partial charge in [-0.25, -0.2) is 47.9 Å². The topological polar surface area (TPSA) is 790 Å². The summed E-state index contributed by atoms with van der Waals surface area (Å²) in [4.78, 5) is 145. The minimum atomic E-state index is -3.12. The molecule has 6 atom stereocenters. The summed E-state index contributed by atoms with van der Waals surface area (Å²) in [6.07, 6.45) is -15.1. The average molecular weight is 2040 g/mol. The van der Waals surface area contributed by atoms with E-state index in [1.165, 1.54) is 11.1 Å². The number of esters is 10. The molecule has 0 aliphatic carbocycles. The first-order valence-electron chi connectivity index (χ1n) is 39.9. The summed E-state index contributed by atoms with van der Waals surface area (Å²) < 4.78 is 67.6. The molecule has 0 radical (unpaired) electrons. The van der Waals surface area contributed by atoms with Crippen molar-refractivity contribution in [1.29, 1.82) is 0 Å². The number of halogens is 1. The van der Waals surface area contributed by atoms with E-state index in [1.54, 1.807) is 0 Å². The van der Waals surface area contributed by atoms with Crippen molar-refractivity contribution >= 4 is 75.6 Å². The van der Waals surface area contributed by atoms with Gasteiger partial charge in [0.25, 0.3) is 0 Å². The molecular weight excluding hydrogens is 1960 g/mol. The Labute approximate surface area is 799 Å². The zero-order chi connectivity index (χ0) is 104. The number of hydrogen-bond donors (Lipinski definition) is 25. The largest absolute Gasteiger partial charge is 0.504 e. The maximum atomic E-state index is 15.3. The minimum Gasteiger partial charge on any atom is -0.504 e. The number of ether oxygens (including phenoxy) is 12. The zero-order valence-corrected chi connectivity index (χ0v) is 73.4. The van der Waals surface area contributed by atoms with Crippen molar-refractivity contribution in [3.63, 3.8) is 0 Å². The highest BCUT2D eigenvalue weighted by Gasteiger charge is 2.55. The molecule has 25 N–H and O–H groups in total. The van der Waals surface area contributed by atoms with E-state index >= 15 is 14.4 Å². The van der Waals surface area contributed by atoms with Gasteiger partial charge in [-0.15, -0.1) is 0 Å². The number of carbonyl (C=O) groups is 10. The monoisotopic (exact) mass is 2030 g/mol. The fourth-order valence-corrected chi connectivity index (χ4v) is 13.1. The van der Waals surface area contributed by atoms with Gasteiger partial charge in [-0.2, -0.15) is 0 Å². The number of likely N-dealkylation sites (N-methyl/N-ethyl adjacent to an activating group) is 1. The number of carbonyl (C=O) groups excluding carboxylic acids is 10. The Hall–Kier alpha value is -19.3. The second-order valence-electron chi connectivity index (χ2n) is 30.1. The molecule has 142 heavy (non-hydrogen) atoms. The standard InChI is InChI=1S/C76H52O46.C17H20BrNO/c77-32-1-22(2-33(78)53(32)92)67(103)113-47-16-27(11-42(87)58(47)97)66(102)112-21-52-63(119-72(108)28-12-43(88)59(98)48(17-28)114-68(104)23-3-34(79)54(93)35(80)4-23)64(120-73(109)29-13-44(89)60(99)49(18-29)115-69(105)24-5-36(81)55(94)37(82)6-24)65(121-74(110)30-14-45(90)61(100)50(19-30)116-70(106)25-7-38(83)56(95)39(84)8-25)76(118-52)122-75(111)31-15-46(91)62(101)51(20-31)117-71(107)26-9-40(85)57(96)41(86)10-26;1-19(2)12-13-20-17(14-6-4-3-5-7-14)15-8-10-16(18)11-9-15/h1-20,52,63-65,76-101H,21H2;3-11,17H,12-13H2,1-2H3/t52-,63-,64+,65-,76+;/m1./s1. The van der Waals surface area contributed by atoms with E-state index in [1.807, 2.05) is 6.07 Å². The van der Waals surface area contributed by atoms with Gasteiger partial charge in [-0.1, -0.05) is 58.4 Å². The number of benzene rings is 12. The molecule has 0 bridgehead atoms.